The van der Waals surface area contributed by atoms with Gasteiger partial charge in [-0.15, -0.1) is 11.3 Å². The molecule has 0 aliphatic rings. The van der Waals surface area contributed by atoms with Gasteiger partial charge in [-0.1, -0.05) is 54.6 Å². The van der Waals surface area contributed by atoms with Crippen molar-refractivity contribution in [1.29, 1.82) is 0 Å². The molecular formula is C19H18N2OS. The zero-order valence-electron chi connectivity index (χ0n) is 12.7. The number of nitrogens with one attached hydrogen (secondary N) is 2. The van der Waals surface area contributed by atoms with Crippen LogP contribution < -0.4 is 10.6 Å². The molecule has 0 bridgehead atoms. The Hall–Kier alpha value is -2.59. The van der Waals surface area contributed by atoms with Crippen LogP contribution in [0.2, 0.25) is 0 Å². The highest BCUT2D eigenvalue weighted by atomic mass is 32.1. The van der Waals surface area contributed by atoms with Crippen LogP contribution in [0.4, 0.5) is 5.69 Å². The van der Waals surface area contributed by atoms with Gasteiger partial charge in [-0.05, 0) is 23.1 Å². The fraction of sp³-hybridized carbons (Fsp3) is 0.105. The van der Waals surface area contributed by atoms with Crippen LogP contribution in [0.25, 0.3) is 11.1 Å². The van der Waals surface area contributed by atoms with Crippen LogP contribution in [0.15, 0.2) is 72.1 Å². The average molecular weight is 322 g/mol. The van der Waals surface area contributed by atoms with Crippen LogP contribution in [0.3, 0.4) is 0 Å². The Morgan fingerprint density at radius 3 is 2.48 bits per heavy atom. The molecule has 3 nitrogen and oxygen atoms in total. The summed E-state index contributed by atoms with van der Waals surface area (Å²) >= 11 is 1.64. The van der Waals surface area contributed by atoms with Crippen molar-refractivity contribution in [2.24, 2.45) is 0 Å². The summed E-state index contributed by atoms with van der Waals surface area (Å²) in [7, 11) is 0. The quantitative estimate of drug-likeness (QED) is 0.716. The fourth-order valence-electron chi connectivity index (χ4n) is 2.34. The number of anilines is 1. The van der Waals surface area contributed by atoms with Crippen LogP contribution in [0, 0.1) is 0 Å². The summed E-state index contributed by atoms with van der Waals surface area (Å²) in [6, 6.07) is 22.2. The minimum atomic E-state index is -0.0127. The van der Waals surface area contributed by atoms with Crippen LogP contribution in [-0.2, 0) is 11.3 Å². The lowest BCUT2D eigenvalue weighted by Crippen LogP contribution is -2.29. The number of thiophene rings is 1. The predicted molar refractivity (Wildman–Crippen MR) is 96.5 cm³/mol. The van der Waals surface area contributed by atoms with Crippen molar-refractivity contribution in [1.82, 2.24) is 5.32 Å². The molecule has 0 fully saturated rings. The molecule has 0 aliphatic heterocycles. The van der Waals surface area contributed by atoms with Gasteiger partial charge in [-0.2, -0.15) is 0 Å². The molecule has 23 heavy (non-hydrogen) atoms. The molecule has 2 N–H and O–H groups in total. The van der Waals surface area contributed by atoms with Crippen molar-refractivity contribution in [3.63, 3.8) is 0 Å². The van der Waals surface area contributed by atoms with Crippen molar-refractivity contribution < 1.29 is 4.79 Å². The normalized spacial score (nSPS) is 10.3. The van der Waals surface area contributed by atoms with Crippen molar-refractivity contribution in [2.75, 3.05) is 11.9 Å². The van der Waals surface area contributed by atoms with Gasteiger partial charge in [-0.25, -0.2) is 0 Å². The number of carbonyl (C=O) groups is 1. The monoisotopic (exact) mass is 322 g/mol. The molecule has 0 saturated heterocycles. The molecule has 2 aromatic carbocycles. The molecule has 1 heterocycles. The first-order valence-electron chi connectivity index (χ1n) is 7.50. The Morgan fingerprint density at radius 1 is 0.913 bits per heavy atom. The molecule has 0 radical (unpaired) electrons. The van der Waals surface area contributed by atoms with Gasteiger partial charge in [0.15, 0.2) is 0 Å². The Kier molecular flexibility index (Phi) is 5.06. The number of hydrogen-bond donors (Lipinski definition) is 2. The summed E-state index contributed by atoms with van der Waals surface area (Å²) in [6.45, 7) is 0.841. The molecule has 0 atom stereocenters. The third-order valence-electron chi connectivity index (χ3n) is 3.49. The molecule has 3 rings (SSSR count). The van der Waals surface area contributed by atoms with Crippen LogP contribution in [0.1, 0.15) is 4.88 Å². The smallest absolute Gasteiger partial charge is 0.239 e. The molecular weight excluding hydrogens is 304 g/mol. The molecule has 0 saturated carbocycles. The average Bonchev–Trinajstić information content (AvgIpc) is 3.13. The van der Waals surface area contributed by atoms with Gasteiger partial charge in [-0.3, -0.25) is 4.79 Å². The summed E-state index contributed by atoms with van der Waals surface area (Å²) in [5.74, 6) is -0.0127. The van der Waals surface area contributed by atoms with Crippen LogP contribution in [0.5, 0.6) is 0 Å². The molecule has 1 aromatic heterocycles. The van der Waals surface area contributed by atoms with Gasteiger partial charge in [0.2, 0.25) is 5.91 Å². The van der Waals surface area contributed by atoms with E-state index in [9.17, 15) is 4.79 Å². The van der Waals surface area contributed by atoms with Gasteiger partial charge in [0.1, 0.15) is 0 Å². The minimum absolute atomic E-state index is 0.0127. The lowest BCUT2D eigenvalue weighted by Gasteiger charge is -2.12. The molecule has 3 aromatic rings. The summed E-state index contributed by atoms with van der Waals surface area (Å²) in [5.41, 5.74) is 3.19. The molecule has 1 amide bonds. The van der Waals surface area contributed by atoms with E-state index in [1.54, 1.807) is 11.3 Å². The van der Waals surface area contributed by atoms with E-state index in [0.717, 1.165) is 21.7 Å². The lowest BCUT2D eigenvalue weighted by atomic mass is 10.0. The van der Waals surface area contributed by atoms with Gasteiger partial charge in [0.25, 0.3) is 0 Å². The third-order valence-corrected chi connectivity index (χ3v) is 4.37. The van der Waals surface area contributed by atoms with E-state index < -0.39 is 0 Å². The highest BCUT2D eigenvalue weighted by Gasteiger charge is 2.06. The predicted octanol–water partition coefficient (Wildman–Crippen LogP) is 4.14. The highest BCUT2D eigenvalue weighted by molar-refractivity contribution is 7.09. The highest BCUT2D eigenvalue weighted by Crippen LogP contribution is 2.27. The molecule has 116 valence electrons. The van der Waals surface area contributed by atoms with Crippen molar-refractivity contribution >= 4 is 22.9 Å². The SMILES string of the molecule is O=C(CNc1ccccc1-c1ccccc1)NCc1cccs1. The second kappa shape index (κ2) is 7.61. The minimum Gasteiger partial charge on any atom is -0.376 e. The largest absolute Gasteiger partial charge is 0.376 e. The first kappa shape index (κ1) is 15.3. The van der Waals surface area contributed by atoms with Crippen molar-refractivity contribution in [3.05, 3.63) is 77.0 Å². The molecule has 0 aliphatic carbocycles. The van der Waals surface area contributed by atoms with E-state index in [-0.39, 0.29) is 12.5 Å². The fourth-order valence-corrected chi connectivity index (χ4v) is 2.99. The first-order chi connectivity index (χ1) is 11.3. The van der Waals surface area contributed by atoms with E-state index in [1.807, 2.05) is 53.9 Å². The van der Waals surface area contributed by atoms with Crippen molar-refractivity contribution in [2.45, 2.75) is 6.54 Å². The third kappa shape index (κ3) is 4.20. The Balaban J connectivity index is 1.61. The number of benzene rings is 2. The molecule has 0 unspecified atom stereocenters. The first-order valence-corrected chi connectivity index (χ1v) is 8.38. The number of hydrogen-bond acceptors (Lipinski definition) is 3. The van der Waals surface area contributed by atoms with Gasteiger partial charge in [0, 0.05) is 16.1 Å². The van der Waals surface area contributed by atoms with E-state index in [1.165, 1.54) is 0 Å². The van der Waals surface area contributed by atoms with Gasteiger partial charge in [0.05, 0.1) is 13.1 Å². The van der Waals surface area contributed by atoms with Gasteiger partial charge < -0.3 is 10.6 Å². The second-order valence-electron chi connectivity index (χ2n) is 5.12. The summed E-state index contributed by atoms with van der Waals surface area (Å²) < 4.78 is 0. The van der Waals surface area contributed by atoms with E-state index >= 15 is 0 Å². The zero-order valence-corrected chi connectivity index (χ0v) is 13.5. The Bertz CT molecular complexity index is 754. The Morgan fingerprint density at radius 2 is 1.70 bits per heavy atom. The molecule has 0 spiro atoms. The van der Waals surface area contributed by atoms with Crippen LogP contribution in [-0.4, -0.2) is 12.5 Å². The van der Waals surface area contributed by atoms with Gasteiger partial charge >= 0.3 is 0 Å². The summed E-state index contributed by atoms with van der Waals surface area (Å²) in [4.78, 5) is 13.1. The summed E-state index contributed by atoms with van der Waals surface area (Å²) in [6.07, 6.45) is 0. The number of amides is 1. The maximum atomic E-state index is 12.0. The second-order valence-corrected chi connectivity index (χ2v) is 6.15. The van der Waals surface area contributed by atoms with Crippen molar-refractivity contribution in [3.8, 4) is 11.1 Å². The number of para-hydroxylation sites is 1. The van der Waals surface area contributed by atoms with E-state index in [4.69, 9.17) is 0 Å². The Labute approximate surface area is 140 Å². The topological polar surface area (TPSA) is 41.1 Å². The maximum Gasteiger partial charge on any atom is 0.239 e. The standard InChI is InChI=1S/C19H18N2OS/c22-19(21-13-16-9-6-12-23-16)14-20-18-11-5-4-10-17(18)15-7-2-1-3-8-15/h1-12,20H,13-14H2,(H,21,22). The number of rotatable bonds is 6. The number of carbonyl (C=O) groups excluding carboxylic acids is 1. The maximum absolute atomic E-state index is 12.0. The lowest BCUT2D eigenvalue weighted by molar-refractivity contribution is -0.119. The summed E-state index contributed by atoms with van der Waals surface area (Å²) in [5, 5.41) is 8.17. The zero-order chi connectivity index (χ0) is 15.9. The molecule has 4 heteroatoms. The van der Waals surface area contributed by atoms with E-state index in [2.05, 4.69) is 28.8 Å². The van der Waals surface area contributed by atoms with Crippen LogP contribution >= 0.6 is 11.3 Å². The van der Waals surface area contributed by atoms with E-state index in [0.29, 0.717) is 6.54 Å².